The molecular weight excluding hydrogens is 350 g/mol. The van der Waals surface area contributed by atoms with Gasteiger partial charge in [-0.2, -0.15) is 0 Å². The Labute approximate surface area is 184 Å². The molecule has 0 unspecified atom stereocenters. The summed E-state index contributed by atoms with van der Waals surface area (Å²) in [5.41, 5.74) is 6.34. The molecule has 0 fully saturated rings. The zero-order valence-electron chi connectivity index (χ0n) is 21.7. The van der Waals surface area contributed by atoms with Crippen LogP contribution in [0.25, 0.3) is 0 Å². The Hall–Kier alpha value is -1.08. The Morgan fingerprint density at radius 1 is 0.552 bits per heavy atom. The predicted octanol–water partition coefficient (Wildman–Crippen LogP) is 9.03. The Kier molecular flexibility index (Phi) is 12.8. The van der Waals surface area contributed by atoms with E-state index in [2.05, 4.69) is 105 Å². The first-order valence-electron chi connectivity index (χ1n) is 11.6. The second-order valence-electron chi connectivity index (χ2n) is 11.0. The van der Waals surface area contributed by atoms with Crippen LogP contribution in [0.1, 0.15) is 115 Å². The van der Waals surface area contributed by atoms with Crippen molar-refractivity contribution in [1.82, 2.24) is 4.90 Å². The largest absolute Gasteiger partial charge is 0.290 e. The second kappa shape index (κ2) is 13.3. The van der Waals surface area contributed by atoms with Gasteiger partial charge in [0, 0.05) is 17.6 Å². The van der Waals surface area contributed by atoms with Gasteiger partial charge in [0.2, 0.25) is 0 Å². The number of rotatable bonds is 11. The predicted molar refractivity (Wildman–Crippen MR) is 135 cm³/mol. The van der Waals surface area contributed by atoms with Gasteiger partial charge in [-0.3, -0.25) is 4.90 Å². The van der Waals surface area contributed by atoms with Gasteiger partial charge in [-0.05, 0) is 115 Å². The normalized spacial score (nSPS) is 14.6. The van der Waals surface area contributed by atoms with Gasteiger partial charge in [0.1, 0.15) is 0 Å². The van der Waals surface area contributed by atoms with Gasteiger partial charge in [-0.25, -0.2) is 0 Å². The minimum absolute atomic E-state index is 0.183. The number of nitrogens with zero attached hydrogens (tertiary/aromatic N) is 1. The van der Waals surface area contributed by atoms with E-state index < -0.39 is 0 Å². The summed E-state index contributed by atoms with van der Waals surface area (Å²) in [6.45, 7) is 26.1. The van der Waals surface area contributed by atoms with Gasteiger partial charge in [-0.15, -0.1) is 0 Å². The summed E-state index contributed by atoms with van der Waals surface area (Å²) in [6.07, 6.45) is 16.7. The zero-order chi connectivity index (χ0) is 22.7. The molecule has 0 aromatic rings. The highest BCUT2D eigenvalue weighted by atomic mass is 15.2. The minimum atomic E-state index is 0.183. The number of hydrogen-bond acceptors (Lipinski definition) is 1. The molecule has 0 saturated carbocycles. The molecule has 29 heavy (non-hydrogen) atoms. The molecule has 0 N–H and O–H groups in total. The first-order valence-corrected chi connectivity index (χ1v) is 11.6. The van der Waals surface area contributed by atoms with Crippen LogP contribution in [0.15, 0.2) is 46.6 Å². The molecule has 0 rings (SSSR count). The van der Waals surface area contributed by atoms with Crippen molar-refractivity contribution < 1.29 is 0 Å². The van der Waals surface area contributed by atoms with Crippen LogP contribution in [0, 0.1) is 0 Å². The summed E-state index contributed by atoms with van der Waals surface area (Å²) in [6, 6.07) is 0. The van der Waals surface area contributed by atoms with Crippen LogP contribution in [-0.4, -0.2) is 22.5 Å². The molecule has 1 nitrogen and oxygen atoms in total. The summed E-state index contributed by atoms with van der Waals surface area (Å²) in [7, 11) is 0. The lowest BCUT2D eigenvalue weighted by Crippen LogP contribution is -2.52. The fraction of sp³-hybridized carbons (Fsp3) is 0.714. The molecule has 0 bridgehead atoms. The van der Waals surface area contributed by atoms with Gasteiger partial charge < -0.3 is 0 Å². The van der Waals surface area contributed by atoms with Gasteiger partial charge in [0.05, 0.1) is 0 Å². The maximum absolute atomic E-state index is 2.58. The SMILES string of the molecule is CC(C)=CCC/C(C)=C/CC/C(C)=C/CC/C(C)=C/CN(C(C)(C)C)C(C)(C)C. The maximum Gasteiger partial charge on any atom is 0.0176 e. The number of hydrogen-bond donors (Lipinski definition) is 0. The molecular formula is C28H51N. The fourth-order valence-corrected chi connectivity index (χ4v) is 3.79. The van der Waals surface area contributed by atoms with Crippen molar-refractivity contribution >= 4 is 0 Å². The third-order valence-electron chi connectivity index (χ3n) is 5.40. The summed E-state index contributed by atoms with van der Waals surface area (Å²) in [4.78, 5) is 2.58. The van der Waals surface area contributed by atoms with E-state index in [1.165, 1.54) is 48.0 Å². The van der Waals surface area contributed by atoms with Crippen LogP contribution in [0.2, 0.25) is 0 Å². The topological polar surface area (TPSA) is 3.24 Å². The summed E-state index contributed by atoms with van der Waals surface area (Å²) in [5.74, 6) is 0. The molecule has 0 aliphatic heterocycles. The average molecular weight is 402 g/mol. The first kappa shape index (κ1) is 27.9. The van der Waals surface area contributed by atoms with Crippen molar-refractivity contribution in [3.63, 3.8) is 0 Å². The minimum Gasteiger partial charge on any atom is -0.290 e. The maximum atomic E-state index is 2.58. The molecule has 168 valence electrons. The Morgan fingerprint density at radius 2 is 0.897 bits per heavy atom. The quantitative estimate of drug-likeness (QED) is 0.312. The van der Waals surface area contributed by atoms with Crippen LogP contribution < -0.4 is 0 Å². The van der Waals surface area contributed by atoms with E-state index in [9.17, 15) is 0 Å². The standard InChI is InChI=1S/C28H51N/c1-23(2)15-12-16-24(3)17-13-18-25(4)19-14-20-26(5)21-22-29(27(6,7)8)28(9,10)11/h15,17,19,21H,12-14,16,18,20,22H2,1-11H3/b24-17+,25-19+,26-21+. The van der Waals surface area contributed by atoms with Gasteiger partial charge in [0.15, 0.2) is 0 Å². The second-order valence-corrected chi connectivity index (χ2v) is 11.0. The van der Waals surface area contributed by atoms with Crippen molar-refractivity contribution in [2.45, 2.75) is 126 Å². The molecule has 0 saturated heterocycles. The molecule has 0 spiro atoms. The lowest BCUT2D eigenvalue weighted by atomic mass is 9.95. The molecule has 0 aromatic carbocycles. The lowest BCUT2D eigenvalue weighted by Gasteiger charge is -2.45. The molecule has 1 heteroatoms. The van der Waals surface area contributed by atoms with Gasteiger partial charge >= 0.3 is 0 Å². The van der Waals surface area contributed by atoms with Crippen LogP contribution >= 0.6 is 0 Å². The van der Waals surface area contributed by atoms with Gasteiger partial charge in [-0.1, -0.05) is 46.6 Å². The molecule has 0 aliphatic carbocycles. The fourth-order valence-electron chi connectivity index (χ4n) is 3.79. The van der Waals surface area contributed by atoms with Crippen LogP contribution in [-0.2, 0) is 0 Å². The molecule has 0 aliphatic rings. The van der Waals surface area contributed by atoms with E-state index >= 15 is 0 Å². The van der Waals surface area contributed by atoms with Crippen molar-refractivity contribution in [1.29, 1.82) is 0 Å². The highest BCUT2D eigenvalue weighted by Gasteiger charge is 2.30. The smallest absolute Gasteiger partial charge is 0.0176 e. The molecule has 0 aromatic heterocycles. The third kappa shape index (κ3) is 14.5. The van der Waals surface area contributed by atoms with Crippen molar-refractivity contribution in [3.8, 4) is 0 Å². The van der Waals surface area contributed by atoms with E-state index in [1.807, 2.05) is 0 Å². The molecule has 0 heterocycles. The third-order valence-corrected chi connectivity index (χ3v) is 5.40. The van der Waals surface area contributed by atoms with Crippen molar-refractivity contribution in [2.75, 3.05) is 6.54 Å². The van der Waals surface area contributed by atoms with Crippen LogP contribution in [0.4, 0.5) is 0 Å². The Morgan fingerprint density at radius 3 is 1.24 bits per heavy atom. The summed E-state index contributed by atoms with van der Waals surface area (Å²) >= 11 is 0. The molecule has 0 amide bonds. The van der Waals surface area contributed by atoms with Crippen LogP contribution in [0.5, 0.6) is 0 Å². The van der Waals surface area contributed by atoms with E-state index in [1.54, 1.807) is 0 Å². The molecule has 0 radical (unpaired) electrons. The first-order chi connectivity index (χ1) is 13.2. The monoisotopic (exact) mass is 401 g/mol. The molecule has 0 atom stereocenters. The Balaban J connectivity index is 4.42. The average Bonchev–Trinajstić information content (AvgIpc) is 2.52. The van der Waals surface area contributed by atoms with E-state index in [0.717, 1.165) is 19.4 Å². The van der Waals surface area contributed by atoms with Crippen molar-refractivity contribution in [2.24, 2.45) is 0 Å². The Bertz CT molecular complexity index is 567. The number of allylic oxidation sites excluding steroid dienone is 7. The van der Waals surface area contributed by atoms with E-state index in [-0.39, 0.29) is 11.1 Å². The van der Waals surface area contributed by atoms with Crippen LogP contribution in [0.3, 0.4) is 0 Å². The summed E-state index contributed by atoms with van der Waals surface area (Å²) < 4.78 is 0. The highest BCUT2D eigenvalue weighted by molar-refractivity contribution is 5.08. The van der Waals surface area contributed by atoms with Gasteiger partial charge in [0.25, 0.3) is 0 Å². The highest BCUT2D eigenvalue weighted by Crippen LogP contribution is 2.25. The zero-order valence-corrected chi connectivity index (χ0v) is 21.7. The van der Waals surface area contributed by atoms with E-state index in [4.69, 9.17) is 0 Å². The summed E-state index contributed by atoms with van der Waals surface area (Å²) in [5, 5.41) is 0. The van der Waals surface area contributed by atoms with Crippen molar-refractivity contribution in [3.05, 3.63) is 46.6 Å². The lowest BCUT2D eigenvalue weighted by molar-refractivity contribution is 0.0517. The van der Waals surface area contributed by atoms with E-state index in [0.29, 0.717) is 0 Å².